The van der Waals surface area contributed by atoms with Gasteiger partial charge in [0.1, 0.15) is 5.75 Å². The molecule has 0 saturated carbocycles. The molecule has 1 heterocycles. The number of nitrogens with zero attached hydrogens (tertiary/aromatic N) is 1. The standard InChI is InChI=1S/C28H31N3O2/c1-3-8-21-25(20-11-6-7-12-23(20)33-2)24-19-10-5-4-9-18(19)17-22(24)27(26(21)28(29)32)31-15-13-30-14-16-31/h4-7,9-12,30H,3,8,13-17H2,1-2H3,(H2,29,32). The van der Waals surface area contributed by atoms with E-state index in [0.29, 0.717) is 5.56 Å². The highest BCUT2D eigenvalue weighted by molar-refractivity contribution is 6.08. The minimum atomic E-state index is -0.345. The van der Waals surface area contributed by atoms with E-state index in [4.69, 9.17) is 10.5 Å². The SMILES string of the molecule is CCCc1c(C(N)=O)c(N2CCNCC2)c2c(c1-c1ccccc1OC)-c1ccccc1C2. The molecule has 0 spiro atoms. The van der Waals surface area contributed by atoms with Gasteiger partial charge in [0.25, 0.3) is 5.91 Å². The van der Waals surface area contributed by atoms with Crippen molar-refractivity contribution < 1.29 is 9.53 Å². The van der Waals surface area contributed by atoms with E-state index in [-0.39, 0.29) is 5.91 Å². The summed E-state index contributed by atoms with van der Waals surface area (Å²) in [5.41, 5.74) is 16.0. The molecule has 0 unspecified atom stereocenters. The zero-order valence-electron chi connectivity index (χ0n) is 19.4. The molecule has 5 rings (SSSR count). The molecule has 2 aliphatic rings. The number of hydrogen-bond acceptors (Lipinski definition) is 4. The van der Waals surface area contributed by atoms with Gasteiger partial charge in [-0.15, -0.1) is 0 Å². The average Bonchev–Trinajstić information content (AvgIpc) is 3.23. The Hall–Kier alpha value is -3.31. The Morgan fingerprint density at radius 1 is 1.03 bits per heavy atom. The van der Waals surface area contributed by atoms with Crippen molar-refractivity contribution in [2.24, 2.45) is 5.73 Å². The number of carbonyl (C=O) groups is 1. The van der Waals surface area contributed by atoms with E-state index in [1.54, 1.807) is 7.11 Å². The number of methoxy groups -OCH3 is 1. The number of hydrogen-bond donors (Lipinski definition) is 2. The summed E-state index contributed by atoms with van der Waals surface area (Å²) in [4.78, 5) is 15.5. The van der Waals surface area contributed by atoms with Crippen molar-refractivity contribution in [3.8, 4) is 28.0 Å². The summed E-state index contributed by atoms with van der Waals surface area (Å²) in [5.74, 6) is 0.466. The summed E-state index contributed by atoms with van der Waals surface area (Å²) >= 11 is 0. The Kier molecular flexibility index (Phi) is 5.81. The van der Waals surface area contributed by atoms with Crippen molar-refractivity contribution in [1.29, 1.82) is 0 Å². The first-order valence-corrected chi connectivity index (χ1v) is 11.8. The van der Waals surface area contributed by atoms with Gasteiger partial charge in [-0.05, 0) is 45.9 Å². The van der Waals surface area contributed by atoms with E-state index in [2.05, 4.69) is 47.5 Å². The van der Waals surface area contributed by atoms with Crippen LogP contribution in [0.4, 0.5) is 5.69 Å². The van der Waals surface area contributed by atoms with Crippen LogP contribution in [0.3, 0.4) is 0 Å². The number of fused-ring (bicyclic) bond motifs is 3. The summed E-state index contributed by atoms with van der Waals surface area (Å²) in [7, 11) is 1.70. The fraction of sp³-hybridized carbons (Fsp3) is 0.321. The third-order valence-electron chi connectivity index (χ3n) is 6.89. The lowest BCUT2D eigenvalue weighted by atomic mass is 9.83. The van der Waals surface area contributed by atoms with Crippen molar-refractivity contribution in [3.05, 3.63) is 70.8 Å². The van der Waals surface area contributed by atoms with Gasteiger partial charge in [0.05, 0.1) is 18.4 Å². The normalized spacial score (nSPS) is 14.7. The molecule has 1 amide bonds. The number of amides is 1. The van der Waals surface area contributed by atoms with Gasteiger partial charge in [0.2, 0.25) is 0 Å². The number of rotatable bonds is 6. The molecule has 33 heavy (non-hydrogen) atoms. The first-order chi connectivity index (χ1) is 16.2. The van der Waals surface area contributed by atoms with Gasteiger partial charge < -0.3 is 20.7 Å². The highest BCUT2D eigenvalue weighted by Gasteiger charge is 2.34. The van der Waals surface area contributed by atoms with Crippen LogP contribution in [0, 0.1) is 0 Å². The van der Waals surface area contributed by atoms with Crippen LogP contribution in [0.15, 0.2) is 48.5 Å². The molecule has 5 nitrogen and oxygen atoms in total. The molecule has 5 heteroatoms. The lowest BCUT2D eigenvalue weighted by molar-refractivity contribution is 0.0999. The molecule has 0 atom stereocenters. The fourth-order valence-corrected chi connectivity index (χ4v) is 5.57. The molecule has 3 aromatic carbocycles. The summed E-state index contributed by atoms with van der Waals surface area (Å²) in [6.45, 7) is 5.68. The van der Waals surface area contributed by atoms with Crippen LogP contribution in [0.2, 0.25) is 0 Å². The average molecular weight is 442 g/mol. The van der Waals surface area contributed by atoms with E-state index in [9.17, 15) is 4.79 Å². The van der Waals surface area contributed by atoms with Crippen LogP contribution in [0.5, 0.6) is 5.75 Å². The van der Waals surface area contributed by atoms with Crippen LogP contribution >= 0.6 is 0 Å². The molecule has 1 fully saturated rings. The first kappa shape index (κ1) is 21.5. The number of piperazine rings is 1. The number of carbonyl (C=O) groups excluding carboxylic acids is 1. The Balaban J connectivity index is 1.93. The Morgan fingerprint density at radius 2 is 1.73 bits per heavy atom. The number of nitrogens with one attached hydrogen (secondary N) is 1. The van der Waals surface area contributed by atoms with Gasteiger partial charge in [-0.3, -0.25) is 4.79 Å². The minimum absolute atomic E-state index is 0.345. The van der Waals surface area contributed by atoms with Gasteiger partial charge >= 0.3 is 0 Å². The van der Waals surface area contributed by atoms with Crippen molar-refractivity contribution in [1.82, 2.24) is 5.32 Å². The largest absolute Gasteiger partial charge is 0.496 e. The van der Waals surface area contributed by atoms with E-state index >= 15 is 0 Å². The van der Waals surface area contributed by atoms with Crippen LogP contribution in [0.1, 0.15) is 40.4 Å². The van der Waals surface area contributed by atoms with Gasteiger partial charge in [-0.25, -0.2) is 0 Å². The van der Waals surface area contributed by atoms with Gasteiger partial charge in [0, 0.05) is 38.2 Å². The zero-order chi connectivity index (χ0) is 22.9. The Bertz CT molecular complexity index is 1210. The molecule has 3 N–H and O–H groups in total. The van der Waals surface area contributed by atoms with E-state index < -0.39 is 0 Å². The van der Waals surface area contributed by atoms with Crippen molar-refractivity contribution in [2.45, 2.75) is 26.2 Å². The molecule has 0 aromatic heterocycles. The number of ether oxygens (including phenoxy) is 1. The minimum Gasteiger partial charge on any atom is -0.496 e. The summed E-state index contributed by atoms with van der Waals surface area (Å²) in [6, 6.07) is 16.7. The van der Waals surface area contributed by atoms with Gasteiger partial charge in [0.15, 0.2) is 0 Å². The fourth-order valence-electron chi connectivity index (χ4n) is 5.57. The zero-order valence-corrected chi connectivity index (χ0v) is 19.4. The maximum atomic E-state index is 13.1. The van der Waals surface area contributed by atoms with Crippen LogP contribution < -0.4 is 20.7 Å². The molecule has 0 radical (unpaired) electrons. The molecule has 1 saturated heterocycles. The third-order valence-corrected chi connectivity index (χ3v) is 6.89. The monoisotopic (exact) mass is 441 g/mol. The summed E-state index contributed by atoms with van der Waals surface area (Å²) in [6.07, 6.45) is 2.50. The highest BCUT2D eigenvalue weighted by atomic mass is 16.5. The second-order valence-electron chi connectivity index (χ2n) is 8.82. The van der Waals surface area contributed by atoms with Gasteiger partial charge in [-0.2, -0.15) is 0 Å². The van der Waals surface area contributed by atoms with E-state index in [1.807, 2.05) is 18.2 Å². The maximum absolute atomic E-state index is 13.1. The van der Waals surface area contributed by atoms with Crippen molar-refractivity contribution in [3.63, 3.8) is 0 Å². The smallest absolute Gasteiger partial charge is 0.251 e. The molecule has 0 bridgehead atoms. The third kappa shape index (κ3) is 3.57. The number of anilines is 1. The van der Waals surface area contributed by atoms with Crippen molar-refractivity contribution >= 4 is 11.6 Å². The second-order valence-corrected chi connectivity index (χ2v) is 8.82. The summed E-state index contributed by atoms with van der Waals surface area (Å²) < 4.78 is 5.79. The molecular formula is C28H31N3O2. The lowest BCUT2D eigenvalue weighted by Crippen LogP contribution is -2.45. The van der Waals surface area contributed by atoms with Gasteiger partial charge in [-0.1, -0.05) is 55.8 Å². The number of benzene rings is 3. The Labute approximate surface area is 195 Å². The quantitative estimate of drug-likeness (QED) is 0.466. The number of nitrogens with two attached hydrogens (primary N) is 1. The summed E-state index contributed by atoms with van der Waals surface area (Å²) in [5, 5.41) is 3.44. The number of primary amides is 1. The maximum Gasteiger partial charge on any atom is 0.251 e. The molecule has 3 aromatic rings. The van der Waals surface area contributed by atoms with Crippen LogP contribution in [-0.4, -0.2) is 39.2 Å². The molecule has 1 aliphatic heterocycles. The topological polar surface area (TPSA) is 67.6 Å². The van der Waals surface area contributed by atoms with Crippen LogP contribution in [0.25, 0.3) is 22.3 Å². The molecule has 1 aliphatic carbocycles. The number of para-hydroxylation sites is 1. The second kappa shape index (κ2) is 8.91. The molecular weight excluding hydrogens is 410 g/mol. The van der Waals surface area contributed by atoms with Crippen LogP contribution in [-0.2, 0) is 12.8 Å². The first-order valence-electron chi connectivity index (χ1n) is 11.8. The van der Waals surface area contributed by atoms with Crippen molar-refractivity contribution in [2.75, 3.05) is 38.2 Å². The predicted octanol–water partition coefficient (Wildman–Crippen LogP) is 4.39. The lowest BCUT2D eigenvalue weighted by Gasteiger charge is -2.34. The Morgan fingerprint density at radius 3 is 2.42 bits per heavy atom. The predicted molar refractivity (Wildman–Crippen MR) is 134 cm³/mol. The van der Waals surface area contributed by atoms with E-state index in [0.717, 1.165) is 73.6 Å². The van der Waals surface area contributed by atoms with E-state index in [1.165, 1.54) is 22.3 Å². The highest BCUT2D eigenvalue weighted by Crippen LogP contribution is 2.52. The molecule has 170 valence electrons.